The van der Waals surface area contributed by atoms with E-state index >= 15 is 0 Å². The van der Waals surface area contributed by atoms with Gasteiger partial charge in [0.05, 0.1) is 5.71 Å². The summed E-state index contributed by atoms with van der Waals surface area (Å²) in [5.74, 6) is -0.407. The molecular formula is C11H12BrNO2. The van der Waals surface area contributed by atoms with Crippen LogP contribution in [0.4, 0.5) is 0 Å². The van der Waals surface area contributed by atoms with E-state index in [-0.39, 0.29) is 0 Å². The van der Waals surface area contributed by atoms with Crippen LogP contribution >= 0.6 is 15.9 Å². The van der Waals surface area contributed by atoms with Crippen molar-refractivity contribution in [1.82, 2.24) is 0 Å². The molecule has 0 amide bonds. The third-order valence-electron chi connectivity index (χ3n) is 1.78. The van der Waals surface area contributed by atoms with Crippen molar-refractivity contribution in [2.45, 2.75) is 20.3 Å². The van der Waals surface area contributed by atoms with Crippen molar-refractivity contribution in [2.24, 2.45) is 5.16 Å². The lowest BCUT2D eigenvalue weighted by atomic mass is 10.1. The molecule has 0 bridgehead atoms. The van der Waals surface area contributed by atoms with E-state index in [0.717, 1.165) is 15.7 Å². The van der Waals surface area contributed by atoms with Crippen LogP contribution in [0.15, 0.2) is 33.9 Å². The van der Waals surface area contributed by atoms with Crippen molar-refractivity contribution in [3.63, 3.8) is 0 Å². The average Bonchev–Trinajstić information content (AvgIpc) is 2.18. The largest absolute Gasteiger partial charge is 0.331 e. The van der Waals surface area contributed by atoms with E-state index in [1.54, 1.807) is 0 Å². The summed E-state index contributed by atoms with van der Waals surface area (Å²) in [5.41, 5.74) is 1.71. The first-order valence-corrected chi connectivity index (χ1v) is 5.43. The summed E-state index contributed by atoms with van der Waals surface area (Å²) in [7, 11) is 0. The lowest BCUT2D eigenvalue weighted by molar-refractivity contribution is -0.140. The smallest absolute Gasteiger partial charge is 0.318 e. The molecular weight excluding hydrogens is 258 g/mol. The molecule has 0 atom stereocenters. The van der Waals surface area contributed by atoms with Crippen molar-refractivity contribution >= 4 is 27.6 Å². The number of halogens is 1. The molecule has 3 nitrogen and oxygen atoms in total. The number of oxime groups is 1. The van der Waals surface area contributed by atoms with Gasteiger partial charge in [-0.2, -0.15) is 0 Å². The van der Waals surface area contributed by atoms with Gasteiger partial charge >= 0.3 is 5.97 Å². The molecule has 0 radical (unpaired) electrons. The molecule has 15 heavy (non-hydrogen) atoms. The van der Waals surface area contributed by atoms with Gasteiger partial charge in [0, 0.05) is 17.0 Å². The van der Waals surface area contributed by atoms with Crippen LogP contribution < -0.4 is 0 Å². The molecule has 0 spiro atoms. The average molecular weight is 270 g/mol. The van der Waals surface area contributed by atoms with Crippen LogP contribution in [0, 0.1) is 0 Å². The van der Waals surface area contributed by atoms with Crippen LogP contribution in [-0.2, 0) is 9.63 Å². The van der Waals surface area contributed by atoms with Gasteiger partial charge < -0.3 is 4.84 Å². The quantitative estimate of drug-likeness (QED) is 0.481. The standard InChI is InChI=1S/C11H12BrNO2/c1-3-11(13-15-8(2)14)9-5-4-6-10(12)7-9/h4-7H,3H2,1-2H3/b13-11+. The second-order valence-electron chi connectivity index (χ2n) is 2.98. The van der Waals surface area contributed by atoms with Gasteiger partial charge in [-0.1, -0.05) is 40.1 Å². The third kappa shape index (κ3) is 3.83. The van der Waals surface area contributed by atoms with Gasteiger partial charge in [-0.3, -0.25) is 0 Å². The van der Waals surface area contributed by atoms with E-state index in [1.165, 1.54) is 6.92 Å². The molecule has 1 aromatic rings. The molecule has 0 aromatic heterocycles. The van der Waals surface area contributed by atoms with Crippen molar-refractivity contribution in [2.75, 3.05) is 0 Å². The minimum Gasteiger partial charge on any atom is -0.318 e. The van der Waals surface area contributed by atoms with Crippen molar-refractivity contribution < 1.29 is 9.63 Å². The number of rotatable bonds is 3. The minimum absolute atomic E-state index is 0.407. The van der Waals surface area contributed by atoms with E-state index in [9.17, 15) is 4.79 Å². The predicted molar refractivity (Wildman–Crippen MR) is 62.7 cm³/mol. The van der Waals surface area contributed by atoms with E-state index in [2.05, 4.69) is 25.9 Å². The highest BCUT2D eigenvalue weighted by Gasteiger charge is 2.03. The summed E-state index contributed by atoms with van der Waals surface area (Å²) < 4.78 is 0.976. The van der Waals surface area contributed by atoms with Gasteiger partial charge in [0.15, 0.2) is 0 Å². The van der Waals surface area contributed by atoms with E-state index in [0.29, 0.717) is 6.42 Å². The highest BCUT2D eigenvalue weighted by atomic mass is 79.9. The molecule has 80 valence electrons. The van der Waals surface area contributed by atoms with Crippen molar-refractivity contribution in [1.29, 1.82) is 0 Å². The Bertz CT molecular complexity index is 388. The molecule has 0 aliphatic carbocycles. The van der Waals surface area contributed by atoms with Crippen LogP contribution in [0.3, 0.4) is 0 Å². The Labute approximate surface area is 97.2 Å². The SMILES string of the molecule is CC/C(=N\OC(C)=O)c1cccc(Br)c1. The number of carbonyl (C=O) groups is 1. The minimum atomic E-state index is -0.407. The van der Waals surface area contributed by atoms with E-state index in [1.807, 2.05) is 31.2 Å². The zero-order valence-electron chi connectivity index (χ0n) is 8.66. The highest BCUT2D eigenvalue weighted by Crippen LogP contribution is 2.13. The van der Waals surface area contributed by atoms with Gasteiger partial charge in [-0.15, -0.1) is 0 Å². The molecule has 0 saturated heterocycles. The lowest BCUT2D eigenvalue weighted by Gasteiger charge is -2.03. The first-order valence-electron chi connectivity index (χ1n) is 4.64. The maximum absolute atomic E-state index is 10.6. The summed E-state index contributed by atoms with van der Waals surface area (Å²) in [6.45, 7) is 3.29. The topological polar surface area (TPSA) is 38.7 Å². The fraction of sp³-hybridized carbons (Fsp3) is 0.273. The second kappa shape index (κ2) is 5.66. The Kier molecular flexibility index (Phi) is 4.49. The Morgan fingerprint density at radius 3 is 2.80 bits per heavy atom. The molecule has 1 rings (SSSR count). The van der Waals surface area contributed by atoms with Crippen LogP contribution in [0.2, 0.25) is 0 Å². The van der Waals surface area contributed by atoms with Gasteiger partial charge in [-0.05, 0) is 18.6 Å². The molecule has 0 saturated carbocycles. The maximum atomic E-state index is 10.6. The number of hydrogen-bond acceptors (Lipinski definition) is 3. The van der Waals surface area contributed by atoms with Gasteiger partial charge in [-0.25, -0.2) is 4.79 Å². The zero-order chi connectivity index (χ0) is 11.3. The Hall–Kier alpha value is -1.16. The van der Waals surface area contributed by atoms with Gasteiger partial charge in [0.2, 0.25) is 0 Å². The molecule has 0 aliphatic heterocycles. The molecule has 0 unspecified atom stereocenters. The second-order valence-corrected chi connectivity index (χ2v) is 3.90. The number of benzene rings is 1. The predicted octanol–water partition coefficient (Wildman–Crippen LogP) is 3.13. The fourth-order valence-electron chi connectivity index (χ4n) is 1.11. The molecule has 0 N–H and O–H groups in total. The van der Waals surface area contributed by atoms with E-state index in [4.69, 9.17) is 0 Å². The highest BCUT2D eigenvalue weighted by molar-refractivity contribution is 9.10. The molecule has 0 heterocycles. The van der Waals surface area contributed by atoms with E-state index < -0.39 is 5.97 Å². The molecule has 1 aromatic carbocycles. The summed E-state index contributed by atoms with van der Waals surface area (Å²) in [6, 6.07) is 7.71. The third-order valence-corrected chi connectivity index (χ3v) is 2.27. The number of carbonyl (C=O) groups excluding carboxylic acids is 1. The summed E-state index contributed by atoms with van der Waals surface area (Å²) >= 11 is 3.38. The number of hydrogen-bond donors (Lipinski definition) is 0. The number of nitrogens with zero attached hydrogens (tertiary/aromatic N) is 1. The summed E-state index contributed by atoms with van der Waals surface area (Å²) in [6.07, 6.45) is 0.712. The monoisotopic (exact) mass is 269 g/mol. The molecule has 0 aliphatic rings. The van der Waals surface area contributed by atoms with Crippen LogP contribution in [0.5, 0.6) is 0 Å². The Morgan fingerprint density at radius 1 is 1.53 bits per heavy atom. The summed E-state index contributed by atoms with van der Waals surface area (Å²) in [4.78, 5) is 15.2. The van der Waals surface area contributed by atoms with Gasteiger partial charge in [0.25, 0.3) is 0 Å². The normalized spacial score (nSPS) is 11.3. The first-order chi connectivity index (χ1) is 7.13. The fourth-order valence-corrected chi connectivity index (χ4v) is 1.51. The Morgan fingerprint density at radius 2 is 2.27 bits per heavy atom. The summed E-state index contributed by atoms with van der Waals surface area (Å²) in [5, 5.41) is 3.80. The molecule has 4 heteroatoms. The van der Waals surface area contributed by atoms with Gasteiger partial charge in [0.1, 0.15) is 0 Å². The van der Waals surface area contributed by atoms with Crippen LogP contribution in [-0.4, -0.2) is 11.7 Å². The van der Waals surface area contributed by atoms with Crippen LogP contribution in [0.1, 0.15) is 25.8 Å². The van der Waals surface area contributed by atoms with Crippen molar-refractivity contribution in [3.05, 3.63) is 34.3 Å². The van der Waals surface area contributed by atoms with Crippen LogP contribution in [0.25, 0.3) is 0 Å². The first kappa shape index (κ1) is 11.9. The van der Waals surface area contributed by atoms with Crippen molar-refractivity contribution in [3.8, 4) is 0 Å². The molecule has 0 fully saturated rings. The zero-order valence-corrected chi connectivity index (χ0v) is 10.2. The maximum Gasteiger partial charge on any atom is 0.331 e. The Balaban J connectivity index is 2.92. The lowest BCUT2D eigenvalue weighted by Crippen LogP contribution is -2.02.